The molecule has 29 heavy (non-hydrogen) atoms. The van der Waals surface area contributed by atoms with Crippen molar-refractivity contribution in [3.63, 3.8) is 0 Å². The Morgan fingerprint density at radius 3 is 2.62 bits per heavy atom. The van der Waals surface area contributed by atoms with Crippen LogP contribution in [0, 0.1) is 11.8 Å². The number of nitrogens with zero attached hydrogens (tertiary/aromatic N) is 3. The predicted octanol–water partition coefficient (Wildman–Crippen LogP) is 3.00. The van der Waals surface area contributed by atoms with Gasteiger partial charge in [-0.05, 0) is 40.6 Å². The van der Waals surface area contributed by atoms with E-state index in [0.717, 1.165) is 21.9 Å². The fourth-order valence-corrected chi connectivity index (χ4v) is 3.03. The molecule has 0 fully saturated rings. The van der Waals surface area contributed by atoms with Crippen molar-refractivity contribution in [1.29, 1.82) is 0 Å². The molecular weight excluding hydrogens is 366 g/mol. The highest BCUT2D eigenvalue weighted by molar-refractivity contribution is 5.87. The smallest absolute Gasteiger partial charge is 0.335 e. The second kappa shape index (κ2) is 7.87. The molecule has 6 nitrogen and oxygen atoms in total. The summed E-state index contributed by atoms with van der Waals surface area (Å²) in [5.74, 6) is 5.27. The van der Waals surface area contributed by atoms with Gasteiger partial charge in [-0.3, -0.25) is 4.79 Å². The maximum atomic E-state index is 12.4. The normalized spacial score (nSPS) is 10.5. The minimum Gasteiger partial charge on any atom is -0.478 e. The van der Waals surface area contributed by atoms with E-state index in [1.165, 1.54) is 12.1 Å². The van der Waals surface area contributed by atoms with Crippen LogP contribution in [0.4, 0.5) is 0 Å². The molecule has 2 aromatic carbocycles. The molecule has 0 saturated carbocycles. The number of rotatable bonds is 4. The number of aromatic carboxylic acids is 1. The summed E-state index contributed by atoms with van der Waals surface area (Å²) in [5, 5.41) is 10.8. The topological polar surface area (TPSA) is 77.1 Å². The van der Waals surface area contributed by atoms with Crippen LogP contribution in [0.2, 0.25) is 0 Å². The highest BCUT2D eigenvalue weighted by Gasteiger charge is 2.05. The fraction of sp³-hybridized carbons (Fsp3) is 0.0870. The Morgan fingerprint density at radius 2 is 1.90 bits per heavy atom. The van der Waals surface area contributed by atoms with Crippen LogP contribution in [0.3, 0.4) is 0 Å². The molecule has 0 atom stereocenters. The van der Waals surface area contributed by atoms with Crippen molar-refractivity contribution in [1.82, 2.24) is 14.1 Å². The molecule has 142 valence electrons. The lowest BCUT2D eigenvalue weighted by Gasteiger charge is -2.08. The molecule has 0 aliphatic carbocycles. The van der Waals surface area contributed by atoms with Gasteiger partial charge in [-0.2, -0.15) is 0 Å². The highest BCUT2D eigenvalue weighted by Crippen LogP contribution is 2.15. The molecule has 0 aliphatic rings. The van der Waals surface area contributed by atoms with Gasteiger partial charge in [-0.1, -0.05) is 30.0 Å². The number of pyridine rings is 1. The third-order valence-electron chi connectivity index (χ3n) is 4.55. The number of fused-ring (bicyclic) bond motifs is 1. The lowest BCUT2D eigenvalue weighted by Crippen LogP contribution is -2.19. The zero-order valence-electron chi connectivity index (χ0n) is 15.4. The largest absolute Gasteiger partial charge is 0.478 e. The summed E-state index contributed by atoms with van der Waals surface area (Å²) in [5.41, 5.74) is 1.83. The fourth-order valence-electron chi connectivity index (χ4n) is 3.03. The van der Waals surface area contributed by atoms with E-state index in [0.29, 0.717) is 13.1 Å². The number of carbonyl (C=O) groups is 1. The zero-order chi connectivity index (χ0) is 20.2. The SMILES string of the molecule is O=C(O)c1ccc(Cn2cc3cc(C#CCn4ccnc4)ccc3cc2=O)cc1. The first-order valence-corrected chi connectivity index (χ1v) is 8.99. The number of imidazole rings is 1. The Hall–Kier alpha value is -4.11. The van der Waals surface area contributed by atoms with Gasteiger partial charge in [0.25, 0.3) is 5.56 Å². The number of benzene rings is 2. The number of carboxylic acids is 1. The van der Waals surface area contributed by atoms with E-state index in [9.17, 15) is 9.59 Å². The van der Waals surface area contributed by atoms with Gasteiger partial charge in [0.15, 0.2) is 0 Å². The Morgan fingerprint density at radius 1 is 1.07 bits per heavy atom. The molecular formula is C23H17N3O3. The second-order valence-corrected chi connectivity index (χ2v) is 6.62. The molecule has 0 aliphatic heterocycles. The summed E-state index contributed by atoms with van der Waals surface area (Å²) in [4.78, 5) is 27.4. The third kappa shape index (κ3) is 4.25. The summed E-state index contributed by atoms with van der Waals surface area (Å²) >= 11 is 0. The molecule has 1 N–H and O–H groups in total. The van der Waals surface area contributed by atoms with E-state index in [-0.39, 0.29) is 11.1 Å². The molecule has 0 saturated heterocycles. The first kappa shape index (κ1) is 18.3. The standard InChI is InChI=1S/C23H17N3O3/c27-22-13-20-8-3-17(2-1-10-25-11-9-24-16-25)12-21(20)15-26(22)14-18-4-6-19(7-5-18)23(28)29/h3-9,11-13,15-16H,10,14H2,(H,28,29). The molecule has 2 heterocycles. The number of hydrogen-bond acceptors (Lipinski definition) is 3. The van der Waals surface area contributed by atoms with Gasteiger partial charge in [0.1, 0.15) is 0 Å². The van der Waals surface area contributed by atoms with Crippen LogP contribution in [0.1, 0.15) is 21.5 Å². The molecule has 4 aromatic rings. The molecule has 0 spiro atoms. The van der Waals surface area contributed by atoms with E-state index < -0.39 is 5.97 Å². The summed E-state index contributed by atoms with van der Waals surface area (Å²) in [7, 11) is 0. The van der Waals surface area contributed by atoms with Gasteiger partial charge < -0.3 is 14.2 Å². The zero-order valence-corrected chi connectivity index (χ0v) is 15.4. The van der Waals surface area contributed by atoms with Crippen LogP contribution in [0.25, 0.3) is 10.8 Å². The molecule has 0 amide bonds. The van der Waals surface area contributed by atoms with Crippen molar-refractivity contribution in [3.05, 3.63) is 100 Å². The van der Waals surface area contributed by atoms with Crippen molar-refractivity contribution < 1.29 is 9.90 Å². The van der Waals surface area contributed by atoms with Crippen LogP contribution in [0.5, 0.6) is 0 Å². The molecule has 6 heteroatoms. The Kier molecular flexibility index (Phi) is 4.95. The summed E-state index contributed by atoms with van der Waals surface area (Å²) < 4.78 is 3.50. The molecule has 0 unspecified atom stereocenters. The van der Waals surface area contributed by atoms with Crippen LogP contribution in [0.15, 0.2) is 78.2 Å². The Balaban J connectivity index is 1.59. The van der Waals surface area contributed by atoms with Crippen molar-refractivity contribution in [2.24, 2.45) is 0 Å². The highest BCUT2D eigenvalue weighted by atomic mass is 16.4. The molecule has 0 radical (unpaired) electrons. The number of hydrogen-bond donors (Lipinski definition) is 1. The monoisotopic (exact) mass is 383 g/mol. The Labute approximate surface area is 166 Å². The van der Waals surface area contributed by atoms with Gasteiger partial charge in [0.05, 0.1) is 25.0 Å². The first-order chi connectivity index (χ1) is 14.1. The van der Waals surface area contributed by atoms with E-state index in [2.05, 4.69) is 16.8 Å². The molecule has 2 aromatic heterocycles. The average molecular weight is 383 g/mol. The minimum absolute atomic E-state index is 0.112. The van der Waals surface area contributed by atoms with Crippen molar-refractivity contribution in [2.75, 3.05) is 0 Å². The number of carboxylic acid groups (broad SMARTS) is 1. The van der Waals surface area contributed by atoms with Crippen LogP contribution < -0.4 is 5.56 Å². The van der Waals surface area contributed by atoms with Crippen molar-refractivity contribution >= 4 is 16.7 Å². The summed E-state index contributed by atoms with van der Waals surface area (Å²) in [6, 6.07) is 13.9. The lowest BCUT2D eigenvalue weighted by molar-refractivity contribution is 0.0697. The van der Waals surface area contributed by atoms with Gasteiger partial charge in [-0.25, -0.2) is 9.78 Å². The van der Waals surface area contributed by atoms with Gasteiger partial charge in [-0.15, -0.1) is 0 Å². The number of aromatic nitrogens is 3. The van der Waals surface area contributed by atoms with Crippen LogP contribution in [-0.4, -0.2) is 25.2 Å². The van der Waals surface area contributed by atoms with E-state index >= 15 is 0 Å². The van der Waals surface area contributed by atoms with Crippen LogP contribution in [-0.2, 0) is 13.1 Å². The van der Waals surface area contributed by atoms with Gasteiger partial charge in [0, 0.05) is 30.2 Å². The second-order valence-electron chi connectivity index (χ2n) is 6.62. The lowest BCUT2D eigenvalue weighted by atomic mass is 10.1. The average Bonchev–Trinajstić information content (AvgIpc) is 3.23. The van der Waals surface area contributed by atoms with Crippen molar-refractivity contribution in [3.8, 4) is 11.8 Å². The first-order valence-electron chi connectivity index (χ1n) is 8.99. The Bertz CT molecular complexity index is 1290. The van der Waals surface area contributed by atoms with E-state index in [4.69, 9.17) is 5.11 Å². The van der Waals surface area contributed by atoms with Gasteiger partial charge >= 0.3 is 5.97 Å². The maximum absolute atomic E-state index is 12.4. The van der Waals surface area contributed by atoms with Crippen LogP contribution >= 0.6 is 0 Å². The van der Waals surface area contributed by atoms with E-state index in [1.807, 2.05) is 35.2 Å². The van der Waals surface area contributed by atoms with Crippen molar-refractivity contribution in [2.45, 2.75) is 13.1 Å². The predicted molar refractivity (Wildman–Crippen MR) is 110 cm³/mol. The minimum atomic E-state index is -0.971. The summed E-state index contributed by atoms with van der Waals surface area (Å²) in [6.45, 7) is 0.926. The third-order valence-corrected chi connectivity index (χ3v) is 4.55. The molecule has 0 bridgehead atoms. The van der Waals surface area contributed by atoms with Gasteiger partial charge in [0.2, 0.25) is 0 Å². The quantitative estimate of drug-likeness (QED) is 0.550. The maximum Gasteiger partial charge on any atom is 0.335 e. The van der Waals surface area contributed by atoms with E-state index in [1.54, 1.807) is 35.3 Å². The molecule has 4 rings (SSSR count). The summed E-state index contributed by atoms with van der Waals surface area (Å²) in [6.07, 6.45) is 7.10.